The predicted octanol–water partition coefficient (Wildman–Crippen LogP) is 2.96. The Hall–Kier alpha value is -1.24. The third kappa shape index (κ3) is 3.26. The molecule has 8 heteroatoms. The van der Waals surface area contributed by atoms with Crippen LogP contribution >= 0.6 is 11.6 Å². The fourth-order valence-corrected chi connectivity index (χ4v) is 2.35. The van der Waals surface area contributed by atoms with Crippen molar-refractivity contribution in [1.29, 1.82) is 0 Å². The standard InChI is InChI=1S/C12H15ClF3N3O/c1-2-5-17-8(20)6-19-10(7-3-4-7)9(13)11(18-19)12(14,15)16/h7H,2-6H2,1H3,(H,17,20). The van der Waals surface area contributed by atoms with Crippen molar-refractivity contribution in [3.05, 3.63) is 16.4 Å². The monoisotopic (exact) mass is 309 g/mol. The lowest BCUT2D eigenvalue weighted by Crippen LogP contribution is -2.29. The third-order valence-corrected chi connectivity index (χ3v) is 3.40. The predicted molar refractivity (Wildman–Crippen MR) is 67.5 cm³/mol. The van der Waals surface area contributed by atoms with Gasteiger partial charge in [0, 0.05) is 12.5 Å². The van der Waals surface area contributed by atoms with Gasteiger partial charge < -0.3 is 5.32 Å². The molecule has 0 aliphatic heterocycles. The minimum absolute atomic E-state index is 0.0231. The maximum Gasteiger partial charge on any atom is 0.436 e. The Kier molecular flexibility index (Phi) is 4.27. The minimum Gasteiger partial charge on any atom is -0.355 e. The lowest BCUT2D eigenvalue weighted by molar-refractivity contribution is -0.141. The number of aromatic nitrogens is 2. The second-order valence-corrected chi connectivity index (χ2v) is 5.21. The van der Waals surface area contributed by atoms with Crippen LogP contribution in [0.4, 0.5) is 13.2 Å². The first-order valence-corrected chi connectivity index (χ1v) is 6.82. The van der Waals surface area contributed by atoms with Gasteiger partial charge in [-0.1, -0.05) is 18.5 Å². The Morgan fingerprint density at radius 3 is 2.65 bits per heavy atom. The molecule has 0 radical (unpaired) electrons. The molecular formula is C12H15ClF3N3O. The first kappa shape index (κ1) is 15.2. The first-order valence-electron chi connectivity index (χ1n) is 6.44. The molecule has 112 valence electrons. The average Bonchev–Trinajstić information content (AvgIpc) is 3.11. The summed E-state index contributed by atoms with van der Waals surface area (Å²) in [5, 5.41) is 5.73. The molecule has 1 fully saturated rings. The summed E-state index contributed by atoms with van der Waals surface area (Å²) in [7, 11) is 0. The second kappa shape index (κ2) is 5.63. The van der Waals surface area contributed by atoms with E-state index < -0.39 is 11.9 Å². The summed E-state index contributed by atoms with van der Waals surface area (Å²) < 4.78 is 39.5. The molecule has 1 aromatic rings. The van der Waals surface area contributed by atoms with Crippen LogP contribution in [0.15, 0.2) is 0 Å². The Morgan fingerprint density at radius 1 is 1.50 bits per heavy atom. The Balaban J connectivity index is 2.25. The van der Waals surface area contributed by atoms with Gasteiger partial charge in [-0.25, -0.2) is 0 Å². The molecule has 0 atom stereocenters. The molecule has 1 aliphatic rings. The Labute approximate surface area is 119 Å². The van der Waals surface area contributed by atoms with Gasteiger partial charge in [0.25, 0.3) is 0 Å². The van der Waals surface area contributed by atoms with E-state index in [1.54, 1.807) is 0 Å². The quantitative estimate of drug-likeness (QED) is 0.909. The molecule has 1 N–H and O–H groups in total. The van der Waals surface area contributed by atoms with E-state index in [9.17, 15) is 18.0 Å². The molecule has 0 aromatic carbocycles. The summed E-state index contributed by atoms with van der Waals surface area (Å²) in [4.78, 5) is 11.6. The summed E-state index contributed by atoms with van der Waals surface area (Å²) in [5.41, 5.74) is -0.782. The molecule has 0 unspecified atom stereocenters. The highest BCUT2D eigenvalue weighted by molar-refractivity contribution is 6.32. The second-order valence-electron chi connectivity index (χ2n) is 4.83. The fraction of sp³-hybridized carbons (Fsp3) is 0.667. The molecule has 0 spiro atoms. The van der Waals surface area contributed by atoms with Gasteiger partial charge in [-0.3, -0.25) is 9.48 Å². The van der Waals surface area contributed by atoms with Crippen LogP contribution in [0.5, 0.6) is 0 Å². The third-order valence-electron chi connectivity index (χ3n) is 3.03. The van der Waals surface area contributed by atoms with Crippen molar-refractivity contribution in [2.24, 2.45) is 0 Å². The van der Waals surface area contributed by atoms with Crippen molar-refractivity contribution in [2.75, 3.05) is 6.54 Å². The number of alkyl halides is 3. The Bertz CT molecular complexity index is 509. The van der Waals surface area contributed by atoms with Gasteiger partial charge in [-0.2, -0.15) is 18.3 Å². The summed E-state index contributed by atoms with van der Waals surface area (Å²) in [6.45, 7) is 2.14. The fourth-order valence-electron chi connectivity index (χ4n) is 1.96. The van der Waals surface area contributed by atoms with Crippen LogP contribution in [-0.2, 0) is 17.5 Å². The van der Waals surface area contributed by atoms with E-state index in [4.69, 9.17) is 11.6 Å². The van der Waals surface area contributed by atoms with Gasteiger partial charge in [0.2, 0.25) is 5.91 Å². The highest BCUT2D eigenvalue weighted by Crippen LogP contribution is 2.46. The van der Waals surface area contributed by atoms with Crippen LogP contribution in [0.2, 0.25) is 5.02 Å². The lowest BCUT2D eigenvalue weighted by atomic mass is 10.2. The number of carbonyl (C=O) groups excluding carboxylic acids is 1. The Morgan fingerprint density at radius 2 is 2.15 bits per heavy atom. The molecule has 1 amide bonds. The summed E-state index contributed by atoms with van der Waals surface area (Å²) in [5.74, 6) is -0.383. The SMILES string of the molecule is CCCNC(=O)Cn1nc(C(F)(F)F)c(Cl)c1C1CC1. The van der Waals surface area contributed by atoms with E-state index in [-0.39, 0.29) is 23.4 Å². The largest absolute Gasteiger partial charge is 0.436 e. The number of hydrogen-bond donors (Lipinski definition) is 1. The van der Waals surface area contributed by atoms with Gasteiger partial charge in [-0.15, -0.1) is 0 Å². The number of nitrogens with one attached hydrogen (secondary N) is 1. The smallest absolute Gasteiger partial charge is 0.355 e. The van der Waals surface area contributed by atoms with E-state index in [1.807, 2.05) is 6.92 Å². The maximum atomic E-state index is 12.8. The van der Waals surface area contributed by atoms with Crippen molar-refractivity contribution >= 4 is 17.5 Å². The molecule has 0 saturated heterocycles. The molecular weight excluding hydrogens is 295 g/mol. The number of amides is 1. The zero-order valence-corrected chi connectivity index (χ0v) is 11.7. The van der Waals surface area contributed by atoms with E-state index >= 15 is 0 Å². The minimum atomic E-state index is -4.61. The molecule has 0 bridgehead atoms. The molecule has 4 nitrogen and oxygen atoms in total. The summed E-state index contributed by atoms with van der Waals surface area (Å²) in [6.07, 6.45) is -2.29. The normalized spacial score (nSPS) is 15.4. The number of rotatable bonds is 5. The zero-order chi connectivity index (χ0) is 14.9. The lowest BCUT2D eigenvalue weighted by Gasteiger charge is -2.07. The van der Waals surface area contributed by atoms with Gasteiger partial charge in [-0.05, 0) is 19.3 Å². The van der Waals surface area contributed by atoms with Gasteiger partial charge in [0.05, 0.1) is 10.7 Å². The van der Waals surface area contributed by atoms with Crippen molar-refractivity contribution in [2.45, 2.75) is 44.8 Å². The molecule has 2 rings (SSSR count). The van der Waals surface area contributed by atoms with E-state index in [0.717, 1.165) is 23.9 Å². The van der Waals surface area contributed by atoms with E-state index in [2.05, 4.69) is 10.4 Å². The number of hydrogen-bond acceptors (Lipinski definition) is 2. The molecule has 1 saturated carbocycles. The number of carbonyl (C=O) groups is 1. The van der Waals surface area contributed by atoms with Gasteiger partial charge in [0.1, 0.15) is 6.54 Å². The van der Waals surface area contributed by atoms with Gasteiger partial charge in [0.15, 0.2) is 5.69 Å². The zero-order valence-electron chi connectivity index (χ0n) is 10.9. The van der Waals surface area contributed by atoms with E-state index in [0.29, 0.717) is 12.2 Å². The molecule has 1 heterocycles. The van der Waals surface area contributed by atoms with E-state index in [1.165, 1.54) is 0 Å². The van der Waals surface area contributed by atoms with Crippen LogP contribution < -0.4 is 5.32 Å². The van der Waals surface area contributed by atoms with Crippen LogP contribution in [0.1, 0.15) is 43.5 Å². The van der Waals surface area contributed by atoms with Crippen LogP contribution in [0.25, 0.3) is 0 Å². The first-order chi connectivity index (χ1) is 9.34. The maximum absolute atomic E-state index is 12.8. The molecule has 1 aromatic heterocycles. The summed E-state index contributed by atoms with van der Waals surface area (Å²) in [6, 6.07) is 0. The van der Waals surface area contributed by atoms with Crippen LogP contribution in [-0.4, -0.2) is 22.2 Å². The summed E-state index contributed by atoms with van der Waals surface area (Å²) >= 11 is 5.80. The highest BCUT2D eigenvalue weighted by Gasteiger charge is 2.42. The molecule has 20 heavy (non-hydrogen) atoms. The van der Waals surface area contributed by atoms with Crippen LogP contribution in [0.3, 0.4) is 0 Å². The highest BCUT2D eigenvalue weighted by atomic mass is 35.5. The number of halogens is 4. The average molecular weight is 310 g/mol. The van der Waals surface area contributed by atoms with Crippen molar-refractivity contribution in [3.8, 4) is 0 Å². The van der Waals surface area contributed by atoms with Crippen molar-refractivity contribution < 1.29 is 18.0 Å². The van der Waals surface area contributed by atoms with Gasteiger partial charge >= 0.3 is 6.18 Å². The number of nitrogens with zero attached hydrogens (tertiary/aromatic N) is 2. The van der Waals surface area contributed by atoms with Crippen molar-refractivity contribution in [3.63, 3.8) is 0 Å². The van der Waals surface area contributed by atoms with Crippen molar-refractivity contribution in [1.82, 2.24) is 15.1 Å². The molecule has 1 aliphatic carbocycles. The topological polar surface area (TPSA) is 46.9 Å². The van der Waals surface area contributed by atoms with Crippen LogP contribution in [0, 0.1) is 0 Å².